The number of aryl methyl sites for hydroxylation is 1. The number of aromatic nitrogens is 2. The topological polar surface area (TPSA) is 102 Å². The van der Waals surface area contributed by atoms with Gasteiger partial charge in [-0.15, -0.1) is 0 Å². The lowest BCUT2D eigenvalue weighted by atomic mass is 10.2. The highest BCUT2D eigenvalue weighted by molar-refractivity contribution is 7.92. The zero-order valence-corrected chi connectivity index (χ0v) is 17.6. The SMILES string of the molecule is O=C(CCc1nc(-c2ccc(F)cc2)no1)Nc1cccc(S(=O)(=O)C2CCCC2)c1. The molecule has 1 fully saturated rings. The van der Waals surface area contributed by atoms with Gasteiger partial charge in [0.05, 0.1) is 10.1 Å². The van der Waals surface area contributed by atoms with E-state index < -0.39 is 9.84 Å². The van der Waals surface area contributed by atoms with Crippen molar-refractivity contribution in [2.45, 2.75) is 48.7 Å². The van der Waals surface area contributed by atoms with Crippen molar-refractivity contribution >= 4 is 21.4 Å². The lowest BCUT2D eigenvalue weighted by molar-refractivity contribution is -0.116. The Morgan fingerprint density at radius 2 is 1.87 bits per heavy atom. The Balaban J connectivity index is 1.36. The third kappa shape index (κ3) is 4.99. The summed E-state index contributed by atoms with van der Waals surface area (Å²) in [6.45, 7) is 0. The van der Waals surface area contributed by atoms with Gasteiger partial charge in [-0.2, -0.15) is 4.98 Å². The molecule has 4 rings (SSSR count). The van der Waals surface area contributed by atoms with Gasteiger partial charge < -0.3 is 9.84 Å². The molecule has 1 aliphatic carbocycles. The molecule has 1 aromatic heterocycles. The summed E-state index contributed by atoms with van der Waals surface area (Å²) < 4.78 is 43.7. The smallest absolute Gasteiger partial charge is 0.227 e. The molecule has 3 aromatic rings. The molecule has 31 heavy (non-hydrogen) atoms. The Labute approximate surface area is 179 Å². The van der Waals surface area contributed by atoms with Crippen LogP contribution in [0.4, 0.5) is 10.1 Å². The predicted molar refractivity (Wildman–Crippen MR) is 113 cm³/mol. The van der Waals surface area contributed by atoms with E-state index in [2.05, 4.69) is 15.5 Å². The predicted octanol–water partition coefficient (Wildman–Crippen LogP) is 4.16. The van der Waals surface area contributed by atoms with E-state index in [0.717, 1.165) is 12.8 Å². The van der Waals surface area contributed by atoms with Crippen LogP contribution in [0.3, 0.4) is 0 Å². The second-order valence-electron chi connectivity index (χ2n) is 7.55. The van der Waals surface area contributed by atoms with Crippen molar-refractivity contribution in [3.05, 3.63) is 60.2 Å². The lowest BCUT2D eigenvalue weighted by Gasteiger charge is -2.12. The number of hydrogen-bond acceptors (Lipinski definition) is 6. The number of anilines is 1. The highest BCUT2D eigenvalue weighted by Gasteiger charge is 2.30. The van der Waals surface area contributed by atoms with Gasteiger partial charge in [0.2, 0.25) is 17.6 Å². The van der Waals surface area contributed by atoms with Gasteiger partial charge in [0.25, 0.3) is 0 Å². The van der Waals surface area contributed by atoms with E-state index in [1.807, 2.05) is 0 Å². The van der Waals surface area contributed by atoms with Gasteiger partial charge in [0.15, 0.2) is 9.84 Å². The fourth-order valence-electron chi connectivity index (χ4n) is 3.66. The van der Waals surface area contributed by atoms with Gasteiger partial charge in [-0.3, -0.25) is 4.79 Å². The summed E-state index contributed by atoms with van der Waals surface area (Å²) in [5, 5.41) is 6.23. The van der Waals surface area contributed by atoms with E-state index >= 15 is 0 Å². The van der Waals surface area contributed by atoms with Crippen LogP contribution in [0.5, 0.6) is 0 Å². The molecule has 0 unspecified atom stereocenters. The highest BCUT2D eigenvalue weighted by Crippen LogP contribution is 2.30. The van der Waals surface area contributed by atoms with E-state index in [4.69, 9.17) is 4.52 Å². The Morgan fingerprint density at radius 3 is 2.61 bits per heavy atom. The molecule has 7 nitrogen and oxygen atoms in total. The maximum atomic E-state index is 13.0. The number of sulfone groups is 1. The number of rotatable bonds is 7. The molecule has 1 amide bonds. The minimum Gasteiger partial charge on any atom is -0.339 e. The Morgan fingerprint density at radius 1 is 1.13 bits per heavy atom. The first-order valence-electron chi connectivity index (χ1n) is 10.1. The summed E-state index contributed by atoms with van der Waals surface area (Å²) >= 11 is 0. The van der Waals surface area contributed by atoms with E-state index in [0.29, 0.717) is 29.9 Å². The molecule has 1 aliphatic rings. The van der Waals surface area contributed by atoms with Crippen molar-refractivity contribution in [1.82, 2.24) is 10.1 Å². The molecule has 1 saturated carbocycles. The summed E-state index contributed by atoms with van der Waals surface area (Å²) in [4.78, 5) is 16.8. The van der Waals surface area contributed by atoms with E-state index in [-0.39, 0.29) is 40.6 Å². The van der Waals surface area contributed by atoms with Crippen LogP contribution in [0.1, 0.15) is 38.0 Å². The fourth-order valence-corrected chi connectivity index (χ4v) is 5.56. The van der Waals surface area contributed by atoms with Crippen LogP contribution >= 0.6 is 0 Å². The standard InChI is InChI=1S/C22H22FN3O4S/c23-16-10-8-15(9-11-16)22-25-21(30-26-22)13-12-20(27)24-17-4-3-7-19(14-17)31(28,29)18-5-1-2-6-18/h3-4,7-11,14,18H,1-2,5-6,12-13H2,(H,24,27). The molecule has 0 bridgehead atoms. The van der Waals surface area contributed by atoms with Crippen molar-refractivity contribution in [3.8, 4) is 11.4 Å². The zero-order valence-electron chi connectivity index (χ0n) is 16.8. The van der Waals surface area contributed by atoms with E-state index in [1.165, 1.54) is 18.2 Å². The number of carbonyl (C=O) groups excluding carboxylic acids is 1. The summed E-state index contributed by atoms with van der Waals surface area (Å²) in [6, 6.07) is 12.1. The van der Waals surface area contributed by atoms with Crippen molar-refractivity contribution in [3.63, 3.8) is 0 Å². The average Bonchev–Trinajstić information content (AvgIpc) is 3.46. The maximum absolute atomic E-state index is 13.0. The fraction of sp³-hybridized carbons (Fsp3) is 0.318. The molecule has 0 atom stereocenters. The van der Waals surface area contributed by atoms with Crippen LogP contribution in [-0.4, -0.2) is 29.7 Å². The molecular formula is C22H22FN3O4S. The largest absolute Gasteiger partial charge is 0.339 e. The zero-order chi connectivity index (χ0) is 21.8. The molecule has 2 aromatic carbocycles. The molecule has 0 aliphatic heterocycles. The Hall–Kier alpha value is -3.07. The van der Waals surface area contributed by atoms with Gasteiger partial charge in [-0.25, -0.2) is 12.8 Å². The van der Waals surface area contributed by atoms with Crippen molar-refractivity contribution in [2.75, 3.05) is 5.32 Å². The highest BCUT2D eigenvalue weighted by atomic mass is 32.2. The normalized spacial score (nSPS) is 14.6. The van der Waals surface area contributed by atoms with Crippen LogP contribution in [0.15, 0.2) is 57.9 Å². The van der Waals surface area contributed by atoms with Gasteiger partial charge in [0, 0.05) is 24.1 Å². The Bertz CT molecular complexity index is 1170. The minimum absolute atomic E-state index is 0.0880. The maximum Gasteiger partial charge on any atom is 0.227 e. The average molecular weight is 444 g/mol. The molecule has 1 N–H and O–H groups in total. The van der Waals surface area contributed by atoms with Crippen molar-refractivity contribution in [2.24, 2.45) is 0 Å². The van der Waals surface area contributed by atoms with Gasteiger partial charge >= 0.3 is 0 Å². The van der Waals surface area contributed by atoms with Crippen LogP contribution < -0.4 is 5.32 Å². The van der Waals surface area contributed by atoms with Gasteiger partial charge in [-0.1, -0.05) is 24.1 Å². The molecule has 0 radical (unpaired) electrons. The molecule has 0 saturated heterocycles. The quantitative estimate of drug-likeness (QED) is 0.588. The molecule has 1 heterocycles. The molecule has 0 spiro atoms. The van der Waals surface area contributed by atoms with Crippen molar-refractivity contribution < 1.29 is 22.1 Å². The second-order valence-corrected chi connectivity index (χ2v) is 9.77. The third-order valence-corrected chi connectivity index (χ3v) is 7.58. The summed E-state index contributed by atoms with van der Waals surface area (Å²) in [7, 11) is -3.39. The number of hydrogen-bond donors (Lipinski definition) is 1. The Kier molecular flexibility index (Phi) is 6.13. The first kappa shape index (κ1) is 21.2. The first-order chi connectivity index (χ1) is 14.9. The summed E-state index contributed by atoms with van der Waals surface area (Å²) in [6.07, 6.45) is 3.54. The first-order valence-corrected chi connectivity index (χ1v) is 11.7. The molecule has 9 heteroatoms. The van der Waals surface area contributed by atoms with Crippen LogP contribution in [0, 0.1) is 5.82 Å². The third-order valence-electron chi connectivity index (χ3n) is 5.32. The monoisotopic (exact) mass is 443 g/mol. The summed E-state index contributed by atoms with van der Waals surface area (Å²) in [5.41, 5.74) is 1.04. The van der Waals surface area contributed by atoms with Crippen LogP contribution in [0.25, 0.3) is 11.4 Å². The number of halogens is 1. The van der Waals surface area contributed by atoms with E-state index in [9.17, 15) is 17.6 Å². The number of carbonyl (C=O) groups is 1. The summed E-state index contributed by atoms with van der Waals surface area (Å²) in [5.74, 6) is -0.0477. The molecular weight excluding hydrogens is 421 g/mol. The number of nitrogens with zero attached hydrogens (tertiary/aromatic N) is 2. The number of nitrogens with one attached hydrogen (secondary N) is 1. The van der Waals surface area contributed by atoms with Crippen LogP contribution in [-0.2, 0) is 21.1 Å². The second kappa shape index (κ2) is 8.97. The number of amides is 1. The van der Waals surface area contributed by atoms with Gasteiger partial charge in [-0.05, 0) is 55.3 Å². The van der Waals surface area contributed by atoms with Crippen molar-refractivity contribution in [1.29, 1.82) is 0 Å². The number of benzene rings is 2. The van der Waals surface area contributed by atoms with Crippen LogP contribution in [0.2, 0.25) is 0 Å². The molecule has 162 valence electrons. The van der Waals surface area contributed by atoms with E-state index in [1.54, 1.807) is 30.3 Å². The van der Waals surface area contributed by atoms with Gasteiger partial charge in [0.1, 0.15) is 5.82 Å². The lowest BCUT2D eigenvalue weighted by Crippen LogP contribution is -2.18. The minimum atomic E-state index is -3.39.